The van der Waals surface area contributed by atoms with Gasteiger partial charge in [0, 0.05) is 56.1 Å². The average molecular weight is 664 g/mol. The van der Waals surface area contributed by atoms with Crippen LogP contribution in [0.3, 0.4) is 0 Å². The van der Waals surface area contributed by atoms with E-state index < -0.39 is 21.7 Å². The van der Waals surface area contributed by atoms with E-state index in [2.05, 4.69) is 20.3 Å². The molecule has 3 aromatic carbocycles. The number of amides is 3. The van der Waals surface area contributed by atoms with E-state index in [0.717, 1.165) is 61.9 Å². The Balaban J connectivity index is 0.00000552. The van der Waals surface area contributed by atoms with Crippen LogP contribution in [-0.2, 0) is 23.1 Å². The summed E-state index contributed by atoms with van der Waals surface area (Å²) in [5, 5.41) is 5.91. The molecule has 1 aliphatic heterocycles. The Hall–Kier alpha value is -3.74. The highest BCUT2D eigenvalue weighted by molar-refractivity contribution is 7.92. The van der Waals surface area contributed by atoms with E-state index in [1.807, 2.05) is 19.1 Å². The van der Waals surface area contributed by atoms with Crippen molar-refractivity contribution >= 4 is 45.7 Å². The first kappa shape index (κ1) is 35.7. The fourth-order valence-electron chi connectivity index (χ4n) is 5.04. The zero-order valence-electron chi connectivity index (χ0n) is 25.4. The number of unbranched alkanes of at least 4 members (excludes halogenated alkanes) is 1. The maximum absolute atomic E-state index is 14.4. The second-order valence-electron chi connectivity index (χ2n) is 11.1. The molecule has 0 atom stereocenters. The first-order valence-electron chi connectivity index (χ1n) is 14.7. The summed E-state index contributed by atoms with van der Waals surface area (Å²) in [7, 11) is -3.35. The smallest absolute Gasteiger partial charge is 0.322 e. The van der Waals surface area contributed by atoms with E-state index in [1.165, 1.54) is 11.0 Å². The van der Waals surface area contributed by atoms with Gasteiger partial charge >= 0.3 is 6.03 Å². The molecule has 3 amide bonds. The zero-order valence-corrected chi connectivity index (χ0v) is 27.0. The Kier molecular flexibility index (Phi) is 13.1. The number of urea groups is 1. The van der Waals surface area contributed by atoms with E-state index in [1.54, 1.807) is 36.4 Å². The van der Waals surface area contributed by atoms with Crippen LogP contribution in [0, 0.1) is 11.6 Å². The van der Waals surface area contributed by atoms with Crippen LogP contribution in [0.15, 0.2) is 66.7 Å². The van der Waals surface area contributed by atoms with Crippen molar-refractivity contribution in [2.24, 2.45) is 0 Å². The molecule has 3 N–H and O–H groups in total. The van der Waals surface area contributed by atoms with E-state index in [4.69, 9.17) is 0 Å². The highest BCUT2D eigenvalue weighted by Crippen LogP contribution is 2.22. The summed E-state index contributed by atoms with van der Waals surface area (Å²) in [5.74, 6) is -1.65. The standard InChI is InChI=1S/C32H39F2N5O4S.ClH/c1-3-4-17-39(30-14-11-26(33)20-29(30)34)32(41)36-27-15-18-38(19-16-27)22-24-5-9-25(10-6-24)31(40)35-21-23-7-12-28(13-8-23)37-44(2,42)43;/h5-14,20,27,37H,3-4,15-19,21-22H2,1-2H3,(H,35,40)(H,36,41);1H. The Labute approximate surface area is 269 Å². The van der Waals surface area contributed by atoms with Gasteiger partial charge < -0.3 is 10.6 Å². The Morgan fingerprint density at radius 3 is 2.20 bits per heavy atom. The number of carbonyl (C=O) groups excluding carboxylic acids is 2. The number of hydrogen-bond donors (Lipinski definition) is 3. The van der Waals surface area contributed by atoms with E-state index in [-0.39, 0.29) is 36.1 Å². The molecule has 1 saturated heterocycles. The summed E-state index contributed by atoms with van der Waals surface area (Å²) in [6.45, 7) is 4.88. The van der Waals surface area contributed by atoms with Crippen LogP contribution in [0.25, 0.3) is 0 Å². The molecule has 9 nitrogen and oxygen atoms in total. The Morgan fingerprint density at radius 1 is 0.956 bits per heavy atom. The number of nitrogens with zero attached hydrogens (tertiary/aromatic N) is 2. The third kappa shape index (κ3) is 11.0. The maximum Gasteiger partial charge on any atom is 0.322 e. The minimum atomic E-state index is -3.35. The third-order valence-electron chi connectivity index (χ3n) is 7.43. The number of hydrogen-bond acceptors (Lipinski definition) is 5. The van der Waals surface area contributed by atoms with Crippen molar-refractivity contribution in [3.8, 4) is 0 Å². The second-order valence-corrected chi connectivity index (χ2v) is 12.8. The van der Waals surface area contributed by atoms with Crippen LogP contribution < -0.4 is 20.3 Å². The van der Waals surface area contributed by atoms with Crippen molar-refractivity contribution in [1.82, 2.24) is 15.5 Å². The molecule has 1 heterocycles. The lowest BCUT2D eigenvalue weighted by Gasteiger charge is -2.34. The van der Waals surface area contributed by atoms with Gasteiger partial charge in [0.1, 0.15) is 11.6 Å². The summed E-state index contributed by atoms with van der Waals surface area (Å²) in [5.41, 5.74) is 2.97. The van der Waals surface area contributed by atoms with Crippen LogP contribution in [0.5, 0.6) is 0 Å². The monoisotopic (exact) mass is 663 g/mol. The van der Waals surface area contributed by atoms with Crippen LogP contribution in [0.1, 0.15) is 54.1 Å². The topological polar surface area (TPSA) is 111 Å². The van der Waals surface area contributed by atoms with Crippen molar-refractivity contribution in [2.75, 3.05) is 35.5 Å². The highest BCUT2D eigenvalue weighted by atomic mass is 35.5. The van der Waals surface area contributed by atoms with E-state index in [0.29, 0.717) is 37.3 Å². The lowest BCUT2D eigenvalue weighted by molar-refractivity contribution is 0.0950. The molecule has 45 heavy (non-hydrogen) atoms. The summed E-state index contributed by atoms with van der Waals surface area (Å²) in [6.07, 6.45) is 4.10. The predicted octanol–water partition coefficient (Wildman–Crippen LogP) is 5.67. The fraction of sp³-hybridized carbons (Fsp3) is 0.375. The number of likely N-dealkylation sites (tertiary alicyclic amines) is 1. The minimum absolute atomic E-state index is 0. The normalized spacial score (nSPS) is 13.9. The number of rotatable bonds is 12. The quantitative estimate of drug-likeness (QED) is 0.231. The third-order valence-corrected chi connectivity index (χ3v) is 8.04. The van der Waals surface area contributed by atoms with Crippen LogP contribution in [0.2, 0.25) is 0 Å². The number of carbonyl (C=O) groups is 2. The minimum Gasteiger partial charge on any atom is -0.348 e. The molecule has 0 aromatic heterocycles. The van der Waals surface area contributed by atoms with Gasteiger partial charge in [0.05, 0.1) is 11.9 Å². The molecular formula is C32H40ClF2N5O4S. The maximum atomic E-state index is 14.4. The van der Waals surface area contributed by atoms with Gasteiger partial charge in [0.15, 0.2) is 0 Å². The molecule has 0 radical (unpaired) electrons. The molecule has 1 fully saturated rings. The first-order chi connectivity index (χ1) is 21.0. The largest absolute Gasteiger partial charge is 0.348 e. The van der Waals surface area contributed by atoms with Crippen molar-refractivity contribution in [2.45, 2.75) is 51.7 Å². The van der Waals surface area contributed by atoms with Crippen molar-refractivity contribution in [3.05, 3.63) is 95.1 Å². The molecular weight excluding hydrogens is 624 g/mol. The number of piperidine rings is 1. The molecule has 13 heteroatoms. The molecule has 0 bridgehead atoms. The highest BCUT2D eigenvalue weighted by Gasteiger charge is 2.25. The zero-order chi connectivity index (χ0) is 31.7. The number of nitrogens with one attached hydrogen (secondary N) is 3. The number of sulfonamides is 1. The summed E-state index contributed by atoms with van der Waals surface area (Å²) < 4.78 is 53.0. The summed E-state index contributed by atoms with van der Waals surface area (Å²) >= 11 is 0. The lowest BCUT2D eigenvalue weighted by atomic mass is 10.0. The molecule has 0 unspecified atom stereocenters. The summed E-state index contributed by atoms with van der Waals surface area (Å²) in [6, 6.07) is 17.0. The van der Waals surface area contributed by atoms with Gasteiger partial charge in [-0.2, -0.15) is 0 Å². The van der Waals surface area contributed by atoms with Gasteiger partial charge in [0.25, 0.3) is 5.91 Å². The summed E-state index contributed by atoms with van der Waals surface area (Å²) in [4.78, 5) is 29.4. The van der Waals surface area contributed by atoms with Gasteiger partial charge in [-0.1, -0.05) is 37.6 Å². The number of halogens is 3. The Morgan fingerprint density at radius 2 is 1.60 bits per heavy atom. The average Bonchev–Trinajstić information content (AvgIpc) is 2.98. The molecule has 1 aliphatic rings. The van der Waals surface area contributed by atoms with Crippen LogP contribution in [-0.4, -0.2) is 57.2 Å². The second kappa shape index (κ2) is 16.5. The van der Waals surface area contributed by atoms with Crippen molar-refractivity contribution in [3.63, 3.8) is 0 Å². The van der Waals surface area contributed by atoms with Gasteiger partial charge in [-0.3, -0.25) is 19.3 Å². The van der Waals surface area contributed by atoms with Crippen molar-refractivity contribution in [1.29, 1.82) is 0 Å². The number of anilines is 2. The lowest BCUT2D eigenvalue weighted by Crippen LogP contribution is -2.49. The van der Waals surface area contributed by atoms with Gasteiger partial charge in [0.2, 0.25) is 10.0 Å². The SMILES string of the molecule is CCCCN(C(=O)NC1CCN(Cc2ccc(C(=O)NCc3ccc(NS(C)(=O)=O)cc3)cc2)CC1)c1ccc(F)cc1F.Cl. The Bertz CT molecular complexity index is 1530. The number of benzene rings is 3. The van der Waals surface area contributed by atoms with Gasteiger partial charge in [-0.25, -0.2) is 22.0 Å². The first-order valence-corrected chi connectivity index (χ1v) is 16.6. The van der Waals surface area contributed by atoms with Gasteiger partial charge in [-0.15, -0.1) is 12.4 Å². The molecule has 0 spiro atoms. The molecule has 3 aromatic rings. The van der Waals surface area contributed by atoms with Crippen LogP contribution in [0.4, 0.5) is 25.0 Å². The molecule has 0 saturated carbocycles. The molecule has 4 rings (SSSR count). The van der Waals surface area contributed by atoms with Gasteiger partial charge in [-0.05, 0) is 66.8 Å². The van der Waals surface area contributed by atoms with E-state index >= 15 is 0 Å². The predicted molar refractivity (Wildman–Crippen MR) is 175 cm³/mol. The van der Waals surface area contributed by atoms with Crippen LogP contribution >= 0.6 is 12.4 Å². The molecule has 244 valence electrons. The molecule has 0 aliphatic carbocycles. The van der Waals surface area contributed by atoms with E-state index in [9.17, 15) is 26.8 Å². The fourth-order valence-corrected chi connectivity index (χ4v) is 5.61. The van der Waals surface area contributed by atoms with Crippen molar-refractivity contribution < 1.29 is 26.8 Å².